The van der Waals surface area contributed by atoms with Crippen molar-refractivity contribution in [1.82, 2.24) is 9.55 Å². The van der Waals surface area contributed by atoms with Crippen LogP contribution in [0.3, 0.4) is 0 Å². The van der Waals surface area contributed by atoms with Gasteiger partial charge in [0.1, 0.15) is 0 Å². The summed E-state index contributed by atoms with van der Waals surface area (Å²) < 4.78 is 37.2. The third-order valence-electron chi connectivity index (χ3n) is 2.44. The van der Waals surface area contributed by atoms with Crippen molar-refractivity contribution >= 4 is 22.5 Å². The van der Waals surface area contributed by atoms with Crippen molar-refractivity contribution < 1.29 is 13.2 Å². The van der Waals surface area contributed by atoms with Gasteiger partial charge >= 0.3 is 6.18 Å². The topological polar surface area (TPSA) is 34.9 Å². The molecule has 0 fully saturated rings. The third kappa shape index (κ3) is 2.64. The molecule has 0 amide bonds. The van der Waals surface area contributed by atoms with Gasteiger partial charge in [0.15, 0.2) is 0 Å². The van der Waals surface area contributed by atoms with E-state index >= 15 is 0 Å². The largest absolute Gasteiger partial charge is 0.390 e. The molecule has 18 heavy (non-hydrogen) atoms. The van der Waals surface area contributed by atoms with Gasteiger partial charge in [0.2, 0.25) is 0 Å². The Bertz CT molecular complexity index is 636. The number of alkyl halides is 3. The molecule has 2 rings (SSSR count). The number of fused-ring (bicyclic) bond motifs is 1. The molecule has 1 aromatic heterocycles. The van der Waals surface area contributed by atoms with Crippen LogP contribution >= 0.6 is 11.6 Å². The van der Waals surface area contributed by atoms with Crippen LogP contribution in [0.2, 0.25) is 5.02 Å². The van der Waals surface area contributed by atoms with E-state index in [4.69, 9.17) is 11.6 Å². The Morgan fingerprint density at radius 1 is 1.33 bits per heavy atom. The molecular weight excluding hydrogens is 269 g/mol. The van der Waals surface area contributed by atoms with Crippen LogP contribution in [-0.4, -0.2) is 15.7 Å². The second kappa shape index (κ2) is 4.61. The standard InChI is InChI=1S/C11H8ClF3N2O/c12-7-2-1-3-8-9(7)10(18)17(6-16-8)5-4-11(13,14)15/h1-3,6H,4-5H2. The number of nitrogens with zero attached hydrogens (tertiary/aromatic N) is 2. The van der Waals surface area contributed by atoms with E-state index in [-0.39, 0.29) is 10.4 Å². The number of hydrogen-bond donors (Lipinski definition) is 0. The lowest BCUT2D eigenvalue weighted by atomic mass is 10.2. The SMILES string of the molecule is O=c1c2c(Cl)cccc2ncn1CCC(F)(F)F. The van der Waals surface area contributed by atoms with Gasteiger partial charge in [0.05, 0.1) is 28.7 Å². The van der Waals surface area contributed by atoms with Crippen molar-refractivity contribution in [3.63, 3.8) is 0 Å². The fourth-order valence-corrected chi connectivity index (χ4v) is 1.82. The third-order valence-corrected chi connectivity index (χ3v) is 2.75. The van der Waals surface area contributed by atoms with Gasteiger partial charge in [-0.05, 0) is 12.1 Å². The summed E-state index contributed by atoms with van der Waals surface area (Å²) in [7, 11) is 0. The highest BCUT2D eigenvalue weighted by atomic mass is 35.5. The van der Waals surface area contributed by atoms with E-state index in [0.717, 1.165) is 10.9 Å². The Balaban J connectivity index is 2.45. The number of benzene rings is 1. The molecule has 0 N–H and O–H groups in total. The highest BCUT2D eigenvalue weighted by Crippen LogP contribution is 2.21. The number of aryl methyl sites for hydroxylation is 1. The van der Waals surface area contributed by atoms with Gasteiger partial charge in [0.25, 0.3) is 5.56 Å². The first-order chi connectivity index (χ1) is 8.38. The molecule has 0 bridgehead atoms. The quantitative estimate of drug-likeness (QED) is 0.845. The molecule has 0 aliphatic heterocycles. The molecule has 0 saturated carbocycles. The van der Waals surface area contributed by atoms with Crippen molar-refractivity contribution in [3.8, 4) is 0 Å². The Hall–Kier alpha value is -1.56. The number of halogens is 4. The molecule has 0 aliphatic carbocycles. The van der Waals surface area contributed by atoms with Gasteiger partial charge in [-0.1, -0.05) is 17.7 Å². The summed E-state index contributed by atoms with van der Waals surface area (Å²) in [6.07, 6.45) is -4.29. The molecule has 7 heteroatoms. The maximum atomic E-state index is 12.1. The summed E-state index contributed by atoms with van der Waals surface area (Å²) >= 11 is 5.85. The second-order valence-electron chi connectivity index (χ2n) is 3.74. The second-order valence-corrected chi connectivity index (χ2v) is 4.15. The van der Waals surface area contributed by atoms with Gasteiger partial charge in [-0.15, -0.1) is 0 Å². The highest BCUT2D eigenvalue weighted by molar-refractivity contribution is 6.35. The summed E-state index contributed by atoms with van der Waals surface area (Å²) in [6.45, 7) is -0.462. The maximum absolute atomic E-state index is 12.1. The Labute approximate surface area is 105 Å². The number of aromatic nitrogens is 2. The van der Waals surface area contributed by atoms with Crippen molar-refractivity contribution in [2.75, 3.05) is 0 Å². The van der Waals surface area contributed by atoms with Gasteiger partial charge in [-0.25, -0.2) is 4.98 Å². The van der Waals surface area contributed by atoms with Crippen molar-refractivity contribution in [2.45, 2.75) is 19.1 Å². The molecule has 2 aromatic rings. The molecule has 3 nitrogen and oxygen atoms in total. The van der Waals surface area contributed by atoms with Crippen LogP contribution in [-0.2, 0) is 6.54 Å². The molecule has 1 heterocycles. The predicted octanol–water partition coefficient (Wildman–Crippen LogP) is 3.00. The zero-order valence-electron chi connectivity index (χ0n) is 9.04. The lowest BCUT2D eigenvalue weighted by Gasteiger charge is -2.09. The average molecular weight is 277 g/mol. The van der Waals surface area contributed by atoms with E-state index in [9.17, 15) is 18.0 Å². The molecule has 0 atom stereocenters. The minimum absolute atomic E-state index is 0.142. The monoisotopic (exact) mass is 276 g/mol. The maximum Gasteiger partial charge on any atom is 0.390 e. The van der Waals surface area contributed by atoms with Crippen molar-refractivity contribution in [1.29, 1.82) is 0 Å². The van der Waals surface area contributed by atoms with Gasteiger partial charge in [0, 0.05) is 6.54 Å². The number of hydrogen-bond acceptors (Lipinski definition) is 2. The Morgan fingerprint density at radius 3 is 2.72 bits per heavy atom. The molecule has 1 aromatic carbocycles. The molecule has 0 saturated heterocycles. The Morgan fingerprint density at radius 2 is 2.06 bits per heavy atom. The molecular formula is C11H8ClF3N2O. The average Bonchev–Trinajstić information content (AvgIpc) is 2.27. The van der Waals surface area contributed by atoms with E-state index in [1.807, 2.05) is 0 Å². The van der Waals surface area contributed by atoms with Crippen LogP contribution in [0.4, 0.5) is 13.2 Å². The van der Waals surface area contributed by atoms with Crippen LogP contribution in [0.25, 0.3) is 10.9 Å². The summed E-state index contributed by atoms with van der Waals surface area (Å²) in [5, 5.41) is 0.329. The van der Waals surface area contributed by atoms with Crippen LogP contribution in [0.1, 0.15) is 6.42 Å². The van der Waals surface area contributed by atoms with Crippen LogP contribution in [0, 0.1) is 0 Å². The molecule has 0 unspecified atom stereocenters. The van der Waals surface area contributed by atoms with Crippen molar-refractivity contribution in [2.24, 2.45) is 0 Å². The molecule has 0 aliphatic rings. The van der Waals surface area contributed by atoms with Crippen LogP contribution in [0.5, 0.6) is 0 Å². The van der Waals surface area contributed by atoms with E-state index in [1.54, 1.807) is 12.1 Å². The summed E-state index contributed by atoms with van der Waals surface area (Å²) in [5.74, 6) is 0. The summed E-state index contributed by atoms with van der Waals surface area (Å²) in [5.41, 5.74) is -0.189. The molecule has 96 valence electrons. The fraction of sp³-hybridized carbons (Fsp3) is 0.273. The predicted molar refractivity (Wildman–Crippen MR) is 61.7 cm³/mol. The fourth-order valence-electron chi connectivity index (χ4n) is 1.57. The van der Waals surface area contributed by atoms with Crippen molar-refractivity contribution in [3.05, 3.63) is 39.9 Å². The lowest BCUT2D eigenvalue weighted by Crippen LogP contribution is -2.23. The number of rotatable bonds is 2. The zero-order valence-corrected chi connectivity index (χ0v) is 9.79. The van der Waals surface area contributed by atoms with Gasteiger partial charge < -0.3 is 0 Å². The minimum Gasteiger partial charge on any atom is -0.298 e. The zero-order chi connectivity index (χ0) is 13.3. The first kappa shape index (κ1) is 12.9. The Kier molecular flexibility index (Phi) is 3.30. The van der Waals surface area contributed by atoms with Gasteiger partial charge in [-0.2, -0.15) is 13.2 Å². The molecule has 0 spiro atoms. The highest BCUT2D eigenvalue weighted by Gasteiger charge is 2.27. The minimum atomic E-state index is -4.31. The smallest absolute Gasteiger partial charge is 0.298 e. The van der Waals surface area contributed by atoms with Gasteiger partial charge in [-0.3, -0.25) is 9.36 Å². The van der Waals surface area contributed by atoms with E-state index in [0.29, 0.717) is 5.52 Å². The first-order valence-corrected chi connectivity index (χ1v) is 5.47. The van der Waals surface area contributed by atoms with Crippen LogP contribution in [0.15, 0.2) is 29.3 Å². The molecule has 0 radical (unpaired) electrons. The lowest BCUT2D eigenvalue weighted by molar-refractivity contribution is -0.136. The van der Waals surface area contributed by atoms with E-state index in [2.05, 4.69) is 4.98 Å². The summed E-state index contributed by atoms with van der Waals surface area (Å²) in [6, 6.07) is 4.70. The van der Waals surface area contributed by atoms with E-state index < -0.39 is 24.7 Å². The summed E-state index contributed by atoms with van der Waals surface area (Å²) in [4.78, 5) is 15.9. The van der Waals surface area contributed by atoms with E-state index in [1.165, 1.54) is 6.07 Å². The first-order valence-electron chi connectivity index (χ1n) is 5.09. The van der Waals surface area contributed by atoms with Crippen LogP contribution < -0.4 is 5.56 Å². The normalized spacial score (nSPS) is 12.0.